The van der Waals surface area contributed by atoms with E-state index in [1.165, 1.54) is 12.8 Å². The third-order valence-electron chi connectivity index (χ3n) is 4.86. The second-order valence-corrected chi connectivity index (χ2v) is 5.97. The van der Waals surface area contributed by atoms with Crippen molar-refractivity contribution in [3.05, 3.63) is 29.6 Å². The molecule has 4 atom stereocenters. The molecule has 1 heterocycles. The monoisotopic (exact) mass is 231 g/mol. The molecule has 0 saturated heterocycles. The molecule has 1 aromatic heterocycles. The van der Waals surface area contributed by atoms with Crippen molar-refractivity contribution in [3.8, 4) is 0 Å². The maximum atomic E-state index is 4.17. The van der Waals surface area contributed by atoms with Gasteiger partial charge in [0.15, 0.2) is 0 Å². The fourth-order valence-electron chi connectivity index (χ4n) is 3.55. The van der Waals surface area contributed by atoms with Crippen molar-refractivity contribution in [2.45, 2.75) is 47.0 Å². The van der Waals surface area contributed by atoms with Gasteiger partial charge in [-0.25, -0.2) is 0 Å². The summed E-state index contributed by atoms with van der Waals surface area (Å²) in [6.45, 7) is 8.86. The van der Waals surface area contributed by atoms with Crippen molar-refractivity contribution in [3.63, 3.8) is 0 Å². The Kier molecular flexibility index (Phi) is 3.86. The Labute approximate surface area is 106 Å². The van der Waals surface area contributed by atoms with E-state index >= 15 is 0 Å². The molecule has 0 spiro atoms. The summed E-state index contributed by atoms with van der Waals surface area (Å²) >= 11 is 0. The lowest BCUT2D eigenvalue weighted by Gasteiger charge is -2.24. The first-order valence-electron chi connectivity index (χ1n) is 6.98. The van der Waals surface area contributed by atoms with Crippen LogP contribution in [0.25, 0.3) is 0 Å². The van der Waals surface area contributed by atoms with E-state index in [-0.39, 0.29) is 0 Å². The van der Waals surface area contributed by atoms with Gasteiger partial charge >= 0.3 is 0 Å². The van der Waals surface area contributed by atoms with Gasteiger partial charge in [0, 0.05) is 11.4 Å². The molecule has 2 aliphatic rings. The number of hydrogen-bond donors (Lipinski definition) is 0. The highest BCUT2D eigenvalue weighted by atomic mass is 14.7. The molecule has 94 valence electrons. The SMILES string of the molecule is CC1C2CCC(C2)C1C.Cc1cccc(C)n1. The lowest BCUT2D eigenvalue weighted by Crippen LogP contribution is -2.15. The summed E-state index contributed by atoms with van der Waals surface area (Å²) < 4.78 is 0. The molecular formula is C16H25N. The van der Waals surface area contributed by atoms with E-state index in [4.69, 9.17) is 0 Å². The zero-order valence-corrected chi connectivity index (χ0v) is 11.6. The predicted molar refractivity (Wildman–Crippen MR) is 72.9 cm³/mol. The number of hydrogen-bond acceptors (Lipinski definition) is 1. The van der Waals surface area contributed by atoms with Gasteiger partial charge in [-0.1, -0.05) is 19.9 Å². The Morgan fingerprint density at radius 3 is 1.65 bits per heavy atom. The molecule has 2 aliphatic carbocycles. The molecule has 2 saturated carbocycles. The highest BCUT2D eigenvalue weighted by molar-refractivity contribution is 5.07. The lowest BCUT2D eigenvalue weighted by molar-refractivity contribution is 0.259. The van der Waals surface area contributed by atoms with Gasteiger partial charge in [0.25, 0.3) is 0 Å². The molecule has 0 aromatic carbocycles. The fraction of sp³-hybridized carbons (Fsp3) is 0.688. The van der Waals surface area contributed by atoms with Crippen molar-refractivity contribution in [2.75, 3.05) is 0 Å². The van der Waals surface area contributed by atoms with Crippen LogP contribution in [0, 0.1) is 37.5 Å². The highest BCUT2D eigenvalue weighted by Crippen LogP contribution is 2.51. The average Bonchev–Trinajstić information content (AvgIpc) is 2.84. The van der Waals surface area contributed by atoms with E-state index in [1.807, 2.05) is 32.0 Å². The number of aryl methyl sites for hydroxylation is 2. The van der Waals surface area contributed by atoms with Crippen LogP contribution in [-0.4, -0.2) is 4.98 Å². The highest BCUT2D eigenvalue weighted by Gasteiger charge is 2.42. The number of fused-ring (bicyclic) bond motifs is 2. The molecule has 0 radical (unpaired) electrons. The molecule has 1 aromatic rings. The molecule has 0 amide bonds. The van der Waals surface area contributed by atoms with E-state index in [0.717, 1.165) is 35.1 Å². The van der Waals surface area contributed by atoms with E-state index in [0.29, 0.717) is 0 Å². The summed E-state index contributed by atoms with van der Waals surface area (Å²) in [5.41, 5.74) is 2.18. The summed E-state index contributed by atoms with van der Waals surface area (Å²) in [5, 5.41) is 0. The molecule has 4 unspecified atom stereocenters. The third-order valence-corrected chi connectivity index (χ3v) is 4.86. The second-order valence-electron chi connectivity index (χ2n) is 5.97. The number of aromatic nitrogens is 1. The van der Waals surface area contributed by atoms with Crippen molar-refractivity contribution < 1.29 is 0 Å². The Balaban J connectivity index is 0.000000128. The van der Waals surface area contributed by atoms with Crippen LogP contribution in [0.2, 0.25) is 0 Å². The topological polar surface area (TPSA) is 12.9 Å². The molecule has 1 nitrogen and oxygen atoms in total. The van der Waals surface area contributed by atoms with Crippen LogP contribution < -0.4 is 0 Å². The zero-order chi connectivity index (χ0) is 12.4. The molecule has 0 aliphatic heterocycles. The Morgan fingerprint density at radius 1 is 0.941 bits per heavy atom. The maximum Gasteiger partial charge on any atom is 0.0375 e. The van der Waals surface area contributed by atoms with Crippen molar-refractivity contribution in [1.29, 1.82) is 0 Å². The van der Waals surface area contributed by atoms with Crippen LogP contribution in [0.4, 0.5) is 0 Å². The Bertz CT molecular complexity index is 336. The van der Waals surface area contributed by atoms with Gasteiger partial charge in [0.1, 0.15) is 0 Å². The predicted octanol–water partition coefficient (Wildman–Crippen LogP) is 4.39. The Hall–Kier alpha value is -0.850. The van der Waals surface area contributed by atoms with E-state index in [9.17, 15) is 0 Å². The van der Waals surface area contributed by atoms with Crippen molar-refractivity contribution in [2.24, 2.45) is 23.7 Å². The van der Waals surface area contributed by atoms with Crippen LogP contribution >= 0.6 is 0 Å². The summed E-state index contributed by atoms with van der Waals surface area (Å²) in [4.78, 5) is 4.17. The zero-order valence-electron chi connectivity index (χ0n) is 11.6. The van der Waals surface area contributed by atoms with Gasteiger partial charge in [0.2, 0.25) is 0 Å². The van der Waals surface area contributed by atoms with E-state index < -0.39 is 0 Å². The van der Waals surface area contributed by atoms with Gasteiger partial charge in [-0.3, -0.25) is 4.98 Å². The molecule has 2 fully saturated rings. The summed E-state index contributed by atoms with van der Waals surface area (Å²) in [5.74, 6) is 4.32. The van der Waals surface area contributed by atoms with Gasteiger partial charge < -0.3 is 0 Å². The minimum Gasteiger partial charge on any atom is -0.258 e. The first-order valence-corrected chi connectivity index (χ1v) is 6.98. The van der Waals surface area contributed by atoms with Crippen LogP contribution in [0.3, 0.4) is 0 Å². The second kappa shape index (κ2) is 5.20. The lowest BCUT2D eigenvalue weighted by atomic mass is 9.82. The number of nitrogens with zero attached hydrogens (tertiary/aromatic N) is 1. The first-order chi connectivity index (χ1) is 8.08. The molecule has 2 bridgehead atoms. The minimum absolute atomic E-state index is 1.05. The van der Waals surface area contributed by atoms with Crippen LogP contribution in [-0.2, 0) is 0 Å². The molecule has 1 heteroatoms. The third kappa shape index (κ3) is 2.88. The van der Waals surface area contributed by atoms with Crippen LogP contribution in [0.5, 0.6) is 0 Å². The Morgan fingerprint density at radius 2 is 1.41 bits per heavy atom. The van der Waals surface area contributed by atoms with E-state index in [2.05, 4.69) is 18.8 Å². The number of rotatable bonds is 0. The summed E-state index contributed by atoms with van der Waals surface area (Å²) in [6, 6.07) is 6.00. The largest absolute Gasteiger partial charge is 0.258 e. The molecular weight excluding hydrogens is 206 g/mol. The normalized spacial score (nSPS) is 34.4. The number of pyridine rings is 1. The average molecular weight is 231 g/mol. The molecule has 17 heavy (non-hydrogen) atoms. The molecule has 3 rings (SSSR count). The maximum absolute atomic E-state index is 4.17. The van der Waals surface area contributed by atoms with Crippen molar-refractivity contribution in [1.82, 2.24) is 4.98 Å². The fourth-order valence-corrected chi connectivity index (χ4v) is 3.55. The quantitative estimate of drug-likeness (QED) is 0.645. The summed E-state index contributed by atoms with van der Waals surface area (Å²) in [7, 11) is 0. The van der Waals surface area contributed by atoms with Gasteiger partial charge in [-0.15, -0.1) is 0 Å². The standard InChI is InChI=1S/C9H16.C7H9N/c1-6-7(2)9-4-3-8(6)5-9;1-6-4-3-5-7(2)8-6/h6-9H,3-5H2,1-2H3;3-5H,1-2H3. The van der Waals surface area contributed by atoms with Crippen LogP contribution in [0.15, 0.2) is 18.2 Å². The first kappa shape index (κ1) is 12.6. The van der Waals surface area contributed by atoms with E-state index in [1.54, 1.807) is 6.42 Å². The van der Waals surface area contributed by atoms with Gasteiger partial charge in [-0.2, -0.15) is 0 Å². The van der Waals surface area contributed by atoms with Gasteiger partial charge in [0.05, 0.1) is 0 Å². The van der Waals surface area contributed by atoms with Crippen LogP contribution in [0.1, 0.15) is 44.5 Å². The smallest absolute Gasteiger partial charge is 0.0375 e. The summed E-state index contributed by atoms with van der Waals surface area (Å²) in [6.07, 6.45) is 4.63. The van der Waals surface area contributed by atoms with Crippen molar-refractivity contribution >= 4 is 0 Å². The minimum atomic E-state index is 1.05. The molecule has 0 N–H and O–H groups in total. The van der Waals surface area contributed by atoms with Gasteiger partial charge in [-0.05, 0) is 68.9 Å².